The van der Waals surface area contributed by atoms with Crippen molar-refractivity contribution in [2.75, 3.05) is 6.54 Å². The molecule has 1 fully saturated rings. The molecule has 2 aromatic rings. The van der Waals surface area contributed by atoms with Crippen molar-refractivity contribution < 1.29 is 19.1 Å². The minimum atomic E-state index is -0.690. The Morgan fingerprint density at radius 3 is 2.32 bits per heavy atom. The second kappa shape index (κ2) is 11.4. The first-order valence-electron chi connectivity index (χ1n) is 11.2. The maximum absolute atomic E-state index is 13.0. The van der Waals surface area contributed by atoms with Gasteiger partial charge in [0.15, 0.2) is 0 Å². The number of rotatable bonds is 9. The molecule has 0 bridgehead atoms. The van der Waals surface area contributed by atoms with Crippen molar-refractivity contribution in [2.24, 2.45) is 0 Å². The van der Waals surface area contributed by atoms with Gasteiger partial charge in [-0.05, 0) is 44.1 Å². The van der Waals surface area contributed by atoms with Crippen molar-refractivity contribution in [3.05, 3.63) is 71.8 Å². The number of nitrogens with zero attached hydrogens (tertiary/aromatic N) is 1. The second-order valence-electron chi connectivity index (χ2n) is 8.08. The van der Waals surface area contributed by atoms with Crippen LogP contribution in [0.3, 0.4) is 0 Å². The molecular weight excluding hydrogens is 390 g/mol. The van der Waals surface area contributed by atoms with Crippen LogP contribution < -0.4 is 0 Å². The average molecular weight is 422 g/mol. The molecule has 0 radical (unpaired) electrons. The number of amides is 1. The fourth-order valence-corrected chi connectivity index (χ4v) is 4.06. The van der Waals surface area contributed by atoms with Crippen molar-refractivity contribution in [3.63, 3.8) is 0 Å². The van der Waals surface area contributed by atoms with Crippen molar-refractivity contribution in [1.29, 1.82) is 0 Å². The number of ketones is 1. The summed E-state index contributed by atoms with van der Waals surface area (Å²) in [6, 6.07) is 17.9. The van der Waals surface area contributed by atoms with Crippen molar-refractivity contribution >= 4 is 17.7 Å². The van der Waals surface area contributed by atoms with E-state index in [1.807, 2.05) is 18.2 Å². The zero-order valence-electron chi connectivity index (χ0n) is 18.2. The van der Waals surface area contributed by atoms with E-state index in [9.17, 15) is 14.4 Å². The van der Waals surface area contributed by atoms with Crippen molar-refractivity contribution in [2.45, 2.75) is 64.0 Å². The molecule has 2 aromatic carbocycles. The van der Waals surface area contributed by atoms with E-state index in [0.717, 1.165) is 38.5 Å². The molecule has 1 saturated heterocycles. The summed E-state index contributed by atoms with van der Waals surface area (Å²) >= 11 is 0. The maximum Gasteiger partial charge on any atom is 0.329 e. The van der Waals surface area contributed by atoms with Crippen LogP contribution in [0.25, 0.3) is 0 Å². The molecule has 31 heavy (non-hydrogen) atoms. The Bertz CT molecular complexity index is 865. The van der Waals surface area contributed by atoms with E-state index >= 15 is 0 Å². The molecule has 0 aliphatic carbocycles. The van der Waals surface area contributed by atoms with Crippen LogP contribution in [0.1, 0.15) is 61.4 Å². The van der Waals surface area contributed by atoms with E-state index in [-0.39, 0.29) is 12.1 Å². The SMILES string of the molecule is CCC[C@@H](CCc1ccccc1)OC(=O)[C@@H]1CCCCN1C(=O)C(=O)c1ccccc1. The van der Waals surface area contributed by atoms with Gasteiger partial charge in [0.2, 0.25) is 5.78 Å². The van der Waals surface area contributed by atoms with Crippen LogP contribution in [-0.2, 0) is 20.7 Å². The normalized spacial score (nSPS) is 17.1. The van der Waals surface area contributed by atoms with Crippen LogP contribution in [0, 0.1) is 0 Å². The van der Waals surface area contributed by atoms with Gasteiger partial charge in [-0.2, -0.15) is 0 Å². The predicted octanol–water partition coefficient (Wildman–Crippen LogP) is 4.60. The van der Waals surface area contributed by atoms with Gasteiger partial charge in [0.1, 0.15) is 12.1 Å². The first-order chi connectivity index (χ1) is 15.1. The first-order valence-corrected chi connectivity index (χ1v) is 11.2. The molecule has 0 aromatic heterocycles. The molecule has 3 rings (SSSR count). The lowest BCUT2D eigenvalue weighted by atomic mass is 9.99. The van der Waals surface area contributed by atoms with Crippen molar-refractivity contribution in [1.82, 2.24) is 4.90 Å². The summed E-state index contributed by atoms with van der Waals surface area (Å²) in [7, 11) is 0. The maximum atomic E-state index is 13.0. The van der Waals surface area contributed by atoms with Gasteiger partial charge in [-0.1, -0.05) is 74.0 Å². The molecule has 1 aliphatic heterocycles. The highest BCUT2D eigenvalue weighted by molar-refractivity contribution is 6.43. The summed E-state index contributed by atoms with van der Waals surface area (Å²) < 4.78 is 5.87. The third kappa shape index (κ3) is 6.27. The smallest absolute Gasteiger partial charge is 0.329 e. The van der Waals surface area contributed by atoms with Gasteiger partial charge in [0, 0.05) is 12.1 Å². The minimum Gasteiger partial charge on any atom is -0.461 e. The van der Waals surface area contributed by atoms with Crippen LogP contribution >= 0.6 is 0 Å². The lowest BCUT2D eigenvalue weighted by Gasteiger charge is -2.34. The van der Waals surface area contributed by atoms with Gasteiger partial charge in [0.05, 0.1) is 0 Å². The molecule has 164 valence electrons. The van der Waals surface area contributed by atoms with Gasteiger partial charge < -0.3 is 9.64 Å². The van der Waals surface area contributed by atoms with Crippen LogP contribution in [0.4, 0.5) is 0 Å². The number of hydrogen-bond acceptors (Lipinski definition) is 4. The predicted molar refractivity (Wildman–Crippen MR) is 120 cm³/mol. The third-order valence-electron chi connectivity index (χ3n) is 5.76. The van der Waals surface area contributed by atoms with Gasteiger partial charge in [-0.3, -0.25) is 9.59 Å². The van der Waals surface area contributed by atoms with Gasteiger partial charge in [-0.15, -0.1) is 0 Å². The Labute approximate surface area is 184 Å². The minimum absolute atomic E-state index is 0.193. The lowest BCUT2D eigenvalue weighted by molar-refractivity contribution is -0.160. The number of esters is 1. The summed E-state index contributed by atoms with van der Waals surface area (Å²) in [5.41, 5.74) is 1.56. The van der Waals surface area contributed by atoms with Crippen LogP contribution in [0.5, 0.6) is 0 Å². The fourth-order valence-electron chi connectivity index (χ4n) is 4.06. The van der Waals surface area contributed by atoms with E-state index in [0.29, 0.717) is 18.5 Å². The molecule has 2 atom stereocenters. The number of hydrogen-bond donors (Lipinski definition) is 0. The monoisotopic (exact) mass is 421 g/mol. The third-order valence-corrected chi connectivity index (χ3v) is 5.76. The Balaban J connectivity index is 1.65. The first kappa shape index (κ1) is 22.7. The quantitative estimate of drug-likeness (QED) is 0.337. The summed E-state index contributed by atoms with van der Waals surface area (Å²) in [5.74, 6) is -1.58. The van der Waals surface area contributed by atoms with Gasteiger partial charge in [-0.25, -0.2) is 4.79 Å². The van der Waals surface area contributed by atoms with E-state index in [2.05, 4.69) is 19.1 Å². The standard InChI is InChI=1S/C26H31NO4/c1-2-11-22(18-17-20-12-5-3-6-13-20)31-26(30)23-16-9-10-19-27(23)25(29)24(28)21-14-7-4-8-15-21/h3-8,12-15,22-23H,2,9-11,16-19H2,1H3/t22-,23-/m0/s1. The van der Waals surface area contributed by atoms with Crippen LogP contribution in [0.15, 0.2) is 60.7 Å². The topological polar surface area (TPSA) is 63.7 Å². The van der Waals surface area contributed by atoms with Gasteiger partial charge in [0.25, 0.3) is 5.91 Å². The Morgan fingerprint density at radius 2 is 1.65 bits per heavy atom. The fraction of sp³-hybridized carbons (Fsp3) is 0.423. The number of carbonyl (C=O) groups excluding carboxylic acids is 3. The molecule has 5 nitrogen and oxygen atoms in total. The largest absolute Gasteiger partial charge is 0.461 e. The van der Waals surface area contributed by atoms with E-state index < -0.39 is 17.7 Å². The van der Waals surface area contributed by atoms with Crippen molar-refractivity contribution in [3.8, 4) is 0 Å². The summed E-state index contributed by atoms with van der Waals surface area (Å²) in [4.78, 5) is 40.0. The molecule has 1 aliphatic rings. The molecule has 0 saturated carbocycles. The summed E-state index contributed by atoms with van der Waals surface area (Å²) in [5, 5.41) is 0. The van der Waals surface area contributed by atoms with Crippen LogP contribution in [-0.4, -0.2) is 41.3 Å². The van der Waals surface area contributed by atoms with E-state index in [4.69, 9.17) is 4.74 Å². The Morgan fingerprint density at radius 1 is 0.968 bits per heavy atom. The summed E-state index contributed by atoms with van der Waals surface area (Å²) in [6.45, 7) is 2.47. The molecule has 5 heteroatoms. The zero-order valence-corrected chi connectivity index (χ0v) is 18.2. The number of Topliss-reactive ketones (excluding diaryl/α,β-unsaturated/α-hetero) is 1. The second-order valence-corrected chi connectivity index (χ2v) is 8.08. The molecule has 0 spiro atoms. The molecular formula is C26H31NO4. The number of aryl methyl sites for hydroxylation is 1. The highest BCUT2D eigenvalue weighted by atomic mass is 16.5. The Kier molecular flexibility index (Phi) is 8.39. The van der Waals surface area contributed by atoms with Crippen LogP contribution in [0.2, 0.25) is 0 Å². The number of ether oxygens (including phenoxy) is 1. The number of piperidine rings is 1. The van der Waals surface area contributed by atoms with E-state index in [1.165, 1.54) is 10.5 Å². The number of carbonyl (C=O) groups is 3. The highest BCUT2D eigenvalue weighted by Gasteiger charge is 2.37. The Hall–Kier alpha value is -2.95. The highest BCUT2D eigenvalue weighted by Crippen LogP contribution is 2.22. The molecule has 0 unspecified atom stereocenters. The molecule has 1 heterocycles. The molecule has 0 N–H and O–H groups in total. The number of benzene rings is 2. The number of likely N-dealkylation sites (tertiary alicyclic amines) is 1. The van der Waals surface area contributed by atoms with E-state index in [1.54, 1.807) is 30.3 Å². The zero-order chi connectivity index (χ0) is 22.1. The van der Waals surface area contributed by atoms with Gasteiger partial charge >= 0.3 is 5.97 Å². The summed E-state index contributed by atoms with van der Waals surface area (Å²) in [6.07, 6.45) is 5.22. The molecule has 1 amide bonds. The average Bonchev–Trinajstić information content (AvgIpc) is 2.83. The lowest BCUT2D eigenvalue weighted by Crippen LogP contribution is -2.51.